The molecule has 0 saturated heterocycles. The zero-order chi connectivity index (χ0) is 22.9. The van der Waals surface area contributed by atoms with E-state index in [1.54, 1.807) is 6.92 Å². The van der Waals surface area contributed by atoms with Crippen LogP contribution in [0.1, 0.15) is 37.8 Å². The van der Waals surface area contributed by atoms with E-state index in [9.17, 15) is 22.0 Å². The lowest BCUT2D eigenvalue weighted by atomic mass is 10.1. The summed E-state index contributed by atoms with van der Waals surface area (Å²) in [5.74, 6) is -2.10. The van der Waals surface area contributed by atoms with Crippen molar-refractivity contribution in [2.75, 3.05) is 33.4 Å². The number of rotatable bonds is 9. The average Bonchev–Trinajstić information content (AvgIpc) is 3.47. The Hall–Kier alpha value is -2.47. The summed E-state index contributed by atoms with van der Waals surface area (Å²) in [4.78, 5) is 22.1. The molecule has 3 N–H and O–H groups in total. The Bertz CT molecular complexity index is 1140. The molecule has 1 aromatic carbocycles. The maximum absolute atomic E-state index is 14.9. The number of carbonyl (C=O) groups excluding carboxylic acids is 1. The predicted molar refractivity (Wildman–Crippen MR) is 119 cm³/mol. The molecule has 1 saturated carbocycles. The van der Waals surface area contributed by atoms with Crippen molar-refractivity contribution in [1.82, 2.24) is 9.97 Å². The Morgan fingerprint density at radius 3 is 2.75 bits per heavy atom. The van der Waals surface area contributed by atoms with Gasteiger partial charge in [0.25, 0.3) is 0 Å². The van der Waals surface area contributed by atoms with E-state index < -0.39 is 44.9 Å². The highest BCUT2D eigenvalue weighted by molar-refractivity contribution is 7.99. The molecule has 1 atom stereocenters. The number of hydrogen-bond donors (Lipinski definition) is 3. The fourth-order valence-corrected chi connectivity index (χ4v) is 5.74. The molecule has 1 aliphatic heterocycles. The Labute approximate surface area is 189 Å². The minimum Gasteiger partial charge on any atom is -0.369 e. The molecule has 2 aromatic rings. The Balaban J connectivity index is 1.53. The van der Waals surface area contributed by atoms with Crippen LogP contribution in [0.3, 0.4) is 0 Å². The van der Waals surface area contributed by atoms with Gasteiger partial charge in [0.1, 0.15) is 23.6 Å². The lowest BCUT2D eigenvalue weighted by Gasteiger charge is -2.15. The van der Waals surface area contributed by atoms with Gasteiger partial charge >= 0.3 is 0 Å². The summed E-state index contributed by atoms with van der Waals surface area (Å²) in [7, 11) is -3.79. The molecule has 1 amide bonds. The van der Waals surface area contributed by atoms with E-state index in [-0.39, 0.29) is 5.75 Å². The first-order valence-electron chi connectivity index (χ1n) is 10.3. The molecule has 2 heterocycles. The Kier molecular flexibility index (Phi) is 6.52. The highest BCUT2D eigenvalue weighted by atomic mass is 32.2. The van der Waals surface area contributed by atoms with E-state index in [4.69, 9.17) is 0 Å². The molecule has 1 unspecified atom stereocenters. The van der Waals surface area contributed by atoms with Gasteiger partial charge in [0.15, 0.2) is 5.82 Å². The first kappa shape index (κ1) is 22.7. The number of nitrogens with one attached hydrogen (secondary N) is 3. The molecule has 1 fully saturated rings. The van der Waals surface area contributed by atoms with Crippen LogP contribution in [-0.2, 0) is 14.8 Å². The number of aromatic nitrogens is 2. The molecule has 8 nitrogen and oxygen atoms in total. The van der Waals surface area contributed by atoms with Crippen molar-refractivity contribution >= 4 is 44.9 Å². The van der Waals surface area contributed by atoms with Crippen molar-refractivity contribution < 1.29 is 22.0 Å². The predicted octanol–water partition coefficient (Wildman–Crippen LogP) is 3.56. The number of nitrogens with zero attached hydrogens (tertiary/aromatic N) is 2. The SMILES string of the molecule is CCCS(=O)(=O)Nc1ccc(F)c(NC(=O)C2CSc3c(NCC4CC4)ncnc32)c1F. The highest BCUT2D eigenvalue weighted by Gasteiger charge is 2.34. The van der Waals surface area contributed by atoms with Crippen LogP contribution in [-0.4, -0.2) is 42.3 Å². The molecule has 12 heteroatoms. The molecule has 4 rings (SSSR count). The van der Waals surface area contributed by atoms with Gasteiger partial charge in [-0.2, -0.15) is 0 Å². The number of fused-ring (bicyclic) bond motifs is 1. The minimum absolute atomic E-state index is 0.210. The van der Waals surface area contributed by atoms with Gasteiger partial charge in [0.05, 0.1) is 27.9 Å². The number of sulfonamides is 1. The third kappa shape index (κ3) is 4.96. The van der Waals surface area contributed by atoms with E-state index in [1.807, 2.05) is 0 Å². The molecular weight excluding hydrogens is 460 g/mol. The molecule has 0 bridgehead atoms. The molecule has 2 aliphatic rings. The standard InChI is InChI=1S/C20H23F2N5O3S2/c1-2-7-32(29,30)27-14-6-5-13(21)17(15(14)22)26-20(28)12-9-31-18-16(12)24-10-25-19(18)23-8-11-3-4-11/h5-6,10-12,27H,2-4,7-9H2,1H3,(H,26,28)(H,23,24,25). The molecule has 0 spiro atoms. The second-order valence-corrected chi connectivity index (χ2v) is 10.7. The fourth-order valence-electron chi connectivity index (χ4n) is 3.36. The van der Waals surface area contributed by atoms with E-state index in [0.717, 1.165) is 23.6 Å². The number of thioether (sulfide) groups is 1. The summed E-state index contributed by atoms with van der Waals surface area (Å²) in [6.07, 6.45) is 4.07. The van der Waals surface area contributed by atoms with Crippen LogP contribution in [0, 0.1) is 17.6 Å². The summed E-state index contributed by atoms with van der Waals surface area (Å²) >= 11 is 1.41. The number of amides is 1. The van der Waals surface area contributed by atoms with Crippen molar-refractivity contribution in [3.63, 3.8) is 0 Å². The Morgan fingerprint density at radius 1 is 1.25 bits per heavy atom. The number of benzene rings is 1. The normalized spacial score (nSPS) is 17.7. The van der Waals surface area contributed by atoms with Crippen LogP contribution in [0.5, 0.6) is 0 Å². The van der Waals surface area contributed by atoms with Gasteiger partial charge in [0, 0.05) is 12.3 Å². The summed E-state index contributed by atoms with van der Waals surface area (Å²) in [5.41, 5.74) is -0.627. The van der Waals surface area contributed by atoms with Crippen molar-refractivity contribution in [2.45, 2.75) is 37.0 Å². The lowest BCUT2D eigenvalue weighted by molar-refractivity contribution is -0.117. The van der Waals surface area contributed by atoms with Gasteiger partial charge in [-0.15, -0.1) is 11.8 Å². The quantitative estimate of drug-likeness (QED) is 0.500. The number of hydrogen-bond acceptors (Lipinski definition) is 7. The van der Waals surface area contributed by atoms with Crippen LogP contribution < -0.4 is 15.4 Å². The molecule has 0 radical (unpaired) electrons. The van der Waals surface area contributed by atoms with E-state index in [1.165, 1.54) is 30.9 Å². The van der Waals surface area contributed by atoms with E-state index in [0.29, 0.717) is 29.6 Å². The smallest absolute Gasteiger partial charge is 0.234 e. The molecule has 172 valence electrons. The monoisotopic (exact) mass is 483 g/mol. The van der Waals surface area contributed by atoms with Gasteiger partial charge in [-0.3, -0.25) is 9.52 Å². The Morgan fingerprint density at radius 2 is 2.03 bits per heavy atom. The van der Waals surface area contributed by atoms with E-state index >= 15 is 0 Å². The van der Waals surface area contributed by atoms with Gasteiger partial charge < -0.3 is 10.6 Å². The van der Waals surface area contributed by atoms with E-state index in [2.05, 4.69) is 25.3 Å². The fraction of sp³-hybridized carbons (Fsp3) is 0.450. The third-order valence-corrected chi connectivity index (χ3v) is 7.87. The second kappa shape index (κ2) is 9.18. The maximum Gasteiger partial charge on any atom is 0.234 e. The highest BCUT2D eigenvalue weighted by Crippen LogP contribution is 2.43. The number of halogens is 2. The van der Waals surface area contributed by atoms with Gasteiger partial charge in [-0.25, -0.2) is 27.2 Å². The van der Waals surface area contributed by atoms with Crippen LogP contribution in [0.4, 0.5) is 26.0 Å². The lowest BCUT2D eigenvalue weighted by Crippen LogP contribution is -2.24. The zero-order valence-corrected chi connectivity index (χ0v) is 19.0. The van der Waals surface area contributed by atoms with Gasteiger partial charge in [-0.05, 0) is 37.3 Å². The molecule has 1 aliphatic carbocycles. The van der Waals surface area contributed by atoms with Gasteiger partial charge in [0.2, 0.25) is 15.9 Å². The van der Waals surface area contributed by atoms with Crippen LogP contribution in [0.25, 0.3) is 0 Å². The van der Waals surface area contributed by atoms with Crippen molar-refractivity contribution in [3.05, 3.63) is 35.8 Å². The minimum atomic E-state index is -3.79. The first-order chi connectivity index (χ1) is 15.3. The van der Waals surface area contributed by atoms with Gasteiger partial charge in [-0.1, -0.05) is 6.92 Å². The van der Waals surface area contributed by atoms with Crippen molar-refractivity contribution in [1.29, 1.82) is 0 Å². The first-order valence-corrected chi connectivity index (χ1v) is 12.9. The molecule has 1 aromatic heterocycles. The molecule has 32 heavy (non-hydrogen) atoms. The summed E-state index contributed by atoms with van der Waals surface area (Å²) < 4.78 is 55.2. The summed E-state index contributed by atoms with van der Waals surface area (Å²) in [6.45, 7) is 2.47. The number of carbonyl (C=O) groups is 1. The maximum atomic E-state index is 14.9. The summed E-state index contributed by atoms with van der Waals surface area (Å²) in [6, 6.07) is 1.89. The third-order valence-electron chi connectivity index (χ3n) is 5.20. The topological polar surface area (TPSA) is 113 Å². The van der Waals surface area contributed by atoms with Crippen molar-refractivity contribution in [2.24, 2.45) is 5.92 Å². The van der Waals surface area contributed by atoms with Crippen molar-refractivity contribution in [3.8, 4) is 0 Å². The zero-order valence-electron chi connectivity index (χ0n) is 17.3. The number of anilines is 3. The van der Waals surface area contributed by atoms with Crippen LogP contribution in [0.15, 0.2) is 23.4 Å². The van der Waals surface area contributed by atoms with Crippen LogP contribution >= 0.6 is 11.8 Å². The van der Waals surface area contributed by atoms with Crippen LogP contribution in [0.2, 0.25) is 0 Å². The largest absolute Gasteiger partial charge is 0.369 e. The second-order valence-electron chi connectivity index (χ2n) is 7.82. The average molecular weight is 484 g/mol. The summed E-state index contributed by atoms with van der Waals surface area (Å²) in [5, 5.41) is 5.57. The molecular formula is C20H23F2N5O3S2.